The first kappa shape index (κ1) is 85.2. The largest absolute Gasteiger partial charge is 0.378 e. The summed E-state index contributed by atoms with van der Waals surface area (Å²) in [4.78, 5) is 35.9. The second kappa shape index (κ2) is 61.0. The molecule has 3 saturated heterocycles. The molecule has 0 amide bonds. The van der Waals surface area contributed by atoms with Crippen molar-refractivity contribution in [1.29, 1.82) is 0 Å². The highest BCUT2D eigenvalue weighted by Crippen LogP contribution is 2.18. The van der Waals surface area contributed by atoms with Gasteiger partial charge in [-0.25, -0.2) is 0 Å². The number of rotatable bonds is 32. The Morgan fingerprint density at radius 1 is 0.224 bits per heavy atom. The molecule has 98 heavy (non-hydrogen) atoms. The number of non-ortho nitro benzene ring substituents is 2. The highest BCUT2D eigenvalue weighted by Gasteiger charge is 2.15. The minimum atomic E-state index is -0.370. The van der Waals surface area contributed by atoms with Crippen LogP contribution in [-0.2, 0) is 69.9 Å². The van der Waals surface area contributed by atoms with E-state index in [1.807, 2.05) is 24.3 Å². The fourth-order valence-electron chi connectivity index (χ4n) is 12.3. The van der Waals surface area contributed by atoms with Gasteiger partial charge in [0.25, 0.3) is 11.4 Å². The van der Waals surface area contributed by atoms with Crippen molar-refractivity contribution in [3.05, 3.63) is 79.9 Å². The average molecular weight is 1390 g/mol. The standard InChI is InChI=1S/C74H132N8O16/c83-81(84)73-25-21-71(22-26-73)69-79-41-53-95-65-61-91-49-37-77(38-50-92-62-66-96-54-42-79)31-19-15-11-7-3-1-5-9-13-17-29-75-33-45-87-57-59-89-47-35-76(36-48-90-60-58-88-46-34-75)30-18-14-10-6-2-4-8-12-16-20-32-78-39-51-93-63-67-97-55-43-80(44-56-98-68-64-94-52-40-78)70-72-23-27-74(28-24-72)82(85)86/h21-28H,1-20,29-70H2. The number of hydrogen-bond donors (Lipinski definition) is 0. The van der Waals surface area contributed by atoms with Crippen molar-refractivity contribution in [3.63, 3.8) is 0 Å². The molecule has 0 unspecified atom stereocenters. The van der Waals surface area contributed by atoms with Crippen molar-refractivity contribution in [2.24, 2.45) is 0 Å². The Kier molecular flexibility index (Phi) is 53.0. The normalized spacial score (nSPS) is 20.1. The van der Waals surface area contributed by atoms with E-state index in [0.717, 1.165) is 116 Å². The molecule has 24 heteroatoms. The van der Waals surface area contributed by atoms with Crippen LogP contribution in [0.1, 0.15) is 140 Å². The first-order valence-electron chi connectivity index (χ1n) is 38.1. The molecular weight excluding hydrogens is 1260 g/mol. The van der Waals surface area contributed by atoms with Gasteiger partial charge in [0.2, 0.25) is 0 Å². The zero-order valence-corrected chi connectivity index (χ0v) is 60.6. The summed E-state index contributed by atoms with van der Waals surface area (Å²) >= 11 is 0. The predicted octanol–water partition coefficient (Wildman–Crippen LogP) is 10.1. The lowest BCUT2D eigenvalue weighted by Crippen LogP contribution is -2.34. The van der Waals surface area contributed by atoms with Gasteiger partial charge >= 0.3 is 0 Å². The van der Waals surface area contributed by atoms with Crippen LogP contribution < -0.4 is 0 Å². The van der Waals surface area contributed by atoms with Gasteiger partial charge in [-0.15, -0.1) is 0 Å². The van der Waals surface area contributed by atoms with Crippen LogP contribution in [0.4, 0.5) is 11.4 Å². The lowest BCUT2D eigenvalue weighted by atomic mass is 10.1. The quantitative estimate of drug-likeness (QED) is 0.0378. The number of nitro benzene ring substituents is 2. The van der Waals surface area contributed by atoms with Gasteiger partial charge in [-0.05, 0) is 63.0 Å². The van der Waals surface area contributed by atoms with Crippen molar-refractivity contribution in [2.45, 2.75) is 142 Å². The molecule has 3 fully saturated rings. The zero-order valence-electron chi connectivity index (χ0n) is 60.6. The Labute approximate surface area is 589 Å². The van der Waals surface area contributed by atoms with Gasteiger partial charge in [0.1, 0.15) is 0 Å². The number of ether oxygens (including phenoxy) is 12. The summed E-state index contributed by atoms with van der Waals surface area (Å²) in [6, 6.07) is 13.5. The van der Waals surface area contributed by atoms with Gasteiger partial charge in [0, 0.05) is 116 Å². The molecule has 3 aliphatic rings. The Balaban J connectivity index is 0.793. The summed E-state index contributed by atoms with van der Waals surface area (Å²) in [5.41, 5.74) is 2.24. The van der Waals surface area contributed by atoms with Crippen molar-refractivity contribution >= 4 is 11.4 Å². The van der Waals surface area contributed by atoms with E-state index in [-0.39, 0.29) is 21.2 Å². The number of nitrogens with zero attached hydrogens (tertiary/aromatic N) is 8. The molecule has 2 aromatic rings. The third kappa shape index (κ3) is 46.9. The Morgan fingerprint density at radius 3 is 0.541 bits per heavy atom. The molecule has 0 bridgehead atoms. The van der Waals surface area contributed by atoms with E-state index >= 15 is 0 Å². The fourth-order valence-corrected chi connectivity index (χ4v) is 12.3. The smallest absolute Gasteiger partial charge is 0.269 e. The topological polar surface area (TPSA) is 216 Å². The van der Waals surface area contributed by atoms with Crippen LogP contribution in [0.15, 0.2) is 48.5 Å². The Morgan fingerprint density at radius 2 is 0.378 bits per heavy atom. The molecular formula is C74H132N8O16. The summed E-state index contributed by atoms with van der Waals surface area (Å²) < 4.78 is 71.8. The third-order valence-electron chi connectivity index (χ3n) is 18.4. The summed E-state index contributed by atoms with van der Waals surface area (Å²) in [6.45, 7) is 30.6. The first-order chi connectivity index (χ1) is 48.4. The average Bonchev–Trinajstić information content (AvgIpc) is 1.26. The van der Waals surface area contributed by atoms with Gasteiger partial charge in [0.15, 0.2) is 0 Å². The molecule has 0 spiro atoms. The summed E-state index contributed by atoms with van der Waals surface area (Å²) in [5.74, 6) is 0. The molecule has 564 valence electrons. The number of benzene rings is 2. The van der Waals surface area contributed by atoms with Crippen LogP contribution in [0.25, 0.3) is 0 Å². The molecule has 0 aliphatic carbocycles. The second-order valence-corrected chi connectivity index (χ2v) is 26.2. The monoisotopic (exact) mass is 1390 g/mol. The van der Waals surface area contributed by atoms with E-state index < -0.39 is 0 Å². The van der Waals surface area contributed by atoms with Crippen LogP contribution in [-0.4, -0.2) is 303 Å². The first-order valence-corrected chi connectivity index (χ1v) is 38.1. The molecule has 5 rings (SSSR count). The number of unbranched alkanes of at least 4 members (excludes halogenated alkanes) is 18. The van der Waals surface area contributed by atoms with Crippen LogP contribution >= 0.6 is 0 Å². The number of nitro groups is 2. The van der Waals surface area contributed by atoms with Gasteiger partial charge in [-0.2, -0.15) is 0 Å². The van der Waals surface area contributed by atoms with E-state index in [0.29, 0.717) is 172 Å². The Bertz CT molecular complexity index is 1940. The Hall–Kier alpha value is -3.48. The van der Waals surface area contributed by atoms with Crippen LogP contribution in [0.2, 0.25) is 0 Å². The van der Waals surface area contributed by atoms with Crippen LogP contribution in [0.3, 0.4) is 0 Å². The molecule has 24 nitrogen and oxygen atoms in total. The van der Waals surface area contributed by atoms with E-state index in [1.54, 1.807) is 24.3 Å². The van der Waals surface area contributed by atoms with Crippen molar-refractivity contribution in [1.82, 2.24) is 29.4 Å². The lowest BCUT2D eigenvalue weighted by Gasteiger charge is -2.24. The summed E-state index contributed by atoms with van der Waals surface area (Å²) in [6.07, 6.45) is 25.5. The van der Waals surface area contributed by atoms with Gasteiger partial charge in [-0.1, -0.05) is 127 Å². The molecule has 0 radical (unpaired) electrons. The predicted molar refractivity (Wildman–Crippen MR) is 385 cm³/mol. The summed E-state index contributed by atoms with van der Waals surface area (Å²) in [5, 5.41) is 22.1. The zero-order chi connectivity index (χ0) is 68.9. The van der Waals surface area contributed by atoms with E-state index in [2.05, 4.69) is 29.4 Å². The molecule has 0 N–H and O–H groups in total. The van der Waals surface area contributed by atoms with E-state index in [1.165, 1.54) is 128 Å². The fraction of sp³-hybridized carbons (Fsp3) is 0.838. The molecule has 0 atom stereocenters. The third-order valence-corrected chi connectivity index (χ3v) is 18.4. The minimum Gasteiger partial charge on any atom is -0.378 e. The van der Waals surface area contributed by atoms with Gasteiger partial charge in [-0.3, -0.25) is 49.6 Å². The summed E-state index contributed by atoms with van der Waals surface area (Å²) in [7, 11) is 0. The maximum atomic E-state index is 11.1. The molecule has 0 saturated carbocycles. The van der Waals surface area contributed by atoms with Crippen molar-refractivity contribution < 1.29 is 66.7 Å². The maximum absolute atomic E-state index is 11.1. The minimum absolute atomic E-state index is 0.0996. The number of hydrogen-bond acceptors (Lipinski definition) is 22. The molecule has 2 aromatic carbocycles. The maximum Gasteiger partial charge on any atom is 0.269 e. The van der Waals surface area contributed by atoms with E-state index in [9.17, 15) is 20.2 Å². The SMILES string of the molecule is O=[N+]([O-])c1ccc(CN2CCOCCOCCN(CCCCCCCCCCCCN3CCOCCOCCN(CCCCCCCCCCCCN4CCOCCOCCN(Cc5ccc([N+](=O)[O-])cc5)CCOCCOCC4)CCOCCOCC3)CCOCCOCC2)cc1. The highest BCUT2D eigenvalue weighted by atomic mass is 16.6. The van der Waals surface area contributed by atoms with Gasteiger partial charge < -0.3 is 56.8 Å². The van der Waals surface area contributed by atoms with Crippen LogP contribution in [0, 0.1) is 20.2 Å². The lowest BCUT2D eigenvalue weighted by molar-refractivity contribution is -0.385. The van der Waals surface area contributed by atoms with Crippen molar-refractivity contribution in [2.75, 3.05) is 263 Å². The van der Waals surface area contributed by atoms with E-state index in [4.69, 9.17) is 56.8 Å². The van der Waals surface area contributed by atoms with Gasteiger partial charge in [0.05, 0.1) is 168 Å². The molecule has 3 aliphatic heterocycles. The molecule has 3 heterocycles. The van der Waals surface area contributed by atoms with Crippen molar-refractivity contribution in [3.8, 4) is 0 Å². The molecule has 0 aromatic heterocycles. The second-order valence-electron chi connectivity index (χ2n) is 26.2. The van der Waals surface area contributed by atoms with Crippen LogP contribution in [0.5, 0.6) is 0 Å². The highest BCUT2D eigenvalue weighted by molar-refractivity contribution is 5.33.